The number of aromatic nitrogens is 3. The maximum Gasteiger partial charge on any atom is 0.410 e. The predicted molar refractivity (Wildman–Crippen MR) is 189 cm³/mol. The summed E-state index contributed by atoms with van der Waals surface area (Å²) >= 11 is 0. The van der Waals surface area contributed by atoms with Crippen LogP contribution in [0.5, 0.6) is 11.6 Å². The second-order valence-electron chi connectivity index (χ2n) is 12.3. The summed E-state index contributed by atoms with van der Waals surface area (Å²) in [7, 11) is -4.44. The topological polar surface area (TPSA) is 159 Å². The summed E-state index contributed by atoms with van der Waals surface area (Å²) < 4.78 is 99.5. The molecular formula is C37H31F4N7O5S. The van der Waals surface area contributed by atoms with Gasteiger partial charge in [-0.3, -0.25) is 4.72 Å². The second-order valence-corrected chi connectivity index (χ2v) is 14.0. The minimum absolute atomic E-state index is 0.0263. The summed E-state index contributed by atoms with van der Waals surface area (Å²) in [4.78, 5) is 26.8. The highest BCUT2D eigenvalue weighted by Gasteiger charge is 2.32. The van der Waals surface area contributed by atoms with Gasteiger partial charge in [0, 0.05) is 37.0 Å². The number of hydrogen-bond acceptors (Lipinski definition) is 10. The van der Waals surface area contributed by atoms with Gasteiger partial charge in [-0.15, -0.1) is 0 Å². The van der Waals surface area contributed by atoms with Gasteiger partial charge in [-0.1, -0.05) is 42.5 Å². The molecule has 2 atom stereocenters. The Balaban J connectivity index is 1.18. The van der Waals surface area contributed by atoms with Crippen LogP contribution in [0, 0.1) is 35.7 Å². The number of nitriles is 1. The van der Waals surface area contributed by atoms with E-state index in [-0.39, 0.29) is 60.3 Å². The van der Waals surface area contributed by atoms with Gasteiger partial charge >= 0.3 is 6.09 Å². The lowest BCUT2D eigenvalue weighted by atomic mass is 10.0. The van der Waals surface area contributed by atoms with Gasteiger partial charge in [0.05, 0.1) is 35.2 Å². The molecule has 0 aliphatic carbocycles. The molecule has 12 nitrogen and oxygen atoms in total. The number of carbonyl (C=O) groups excluding carboxylic acids is 1. The second kappa shape index (κ2) is 16.2. The number of benzene rings is 3. The van der Waals surface area contributed by atoms with Gasteiger partial charge in [0.15, 0.2) is 17.4 Å². The smallest absolute Gasteiger partial charge is 0.410 e. The summed E-state index contributed by atoms with van der Waals surface area (Å²) in [5, 5.41) is 12.0. The first-order chi connectivity index (χ1) is 25.9. The number of nitrogens with one attached hydrogen (secondary N) is 2. The first-order valence-electron chi connectivity index (χ1n) is 16.4. The van der Waals surface area contributed by atoms with Gasteiger partial charge < -0.3 is 19.7 Å². The fraction of sp³-hybridized carbons (Fsp3) is 0.216. The maximum atomic E-state index is 15.5. The van der Waals surface area contributed by atoms with Crippen molar-refractivity contribution in [2.75, 3.05) is 23.1 Å². The van der Waals surface area contributed by atoms with Gasteiger partial charge in [0.2, 0.25) is 27.7 Å². The number of halogens is 4. The third-order valence-corrected chi connectivity index (χ3v) is 9.52. The van der Waals surface area contributed by atoms with Crippen LogP contribution in [0.15, 0.2) is 85.2 Å². The Hall–Kier alpha value is -6.28. The number of sulfonamides is 1. The third-order valence-electron chi connectivity index (χ3n) is 8.30. The van der Waals surface area contributed by atoms with Crippen LogP contribution in [-0.4, -0.2) is 59.7 Å². The first kappa shape index (κ1) is 37.5. The first-order valence-corrected chi connectivity index (χ1v) is 18.0. The molecule has 6 rings (SSSR count). The van der Waals surface area contributed by atoms with Crippen LogP contribution in [0.4, 0.5) is 34.0 Å². The number of hydrogen-bond donors (Lipinski definition) is 2. The van der Waals surface area contributed by atoms with Crippen LogP contribution < -0.4 is 14.8 Å². The van der Waals surface area contributed by atoms with E-state index in [0.717, 1.165) is 12.5 Å². The van der Waals surface area contributed by atoms with Crippen LogP contribution in [0.3, 0.4) is 0 Å². The minimum atomic E-state index is -4.44. The summed E-state index contributed by atoms with van der Waals surface area (Å²) in [6, 6.07) is 20.3. The van der Waals surface area contributed by atoms with Crippen molar-refractivity contribution < 1.29 is 40.2 Å². The van der Waals surface area contributed by atoms with E-state index in [1.54, 1.807) is 16.9 Å². The Morgan fingerprint density at radius 2 is 1.70 bits per heavy atom. The normalized spacial score (nSPS) is 15.6. The highest BCUT2D eigenvalue weighted by Crippen LogP contribution is 2.39. The van der Waals surface area contributed by atoms with Crippen molar-refractivity contribution in [3.05, 3.63) is 125 Å². The van der Waals surface area contributed by atoms with E-state index in [1.165, 1.54) is 59.8 Å². The predicted octanol–water partition coefficient (Wildman–Crippen LogP) is 7.03. The Morgan fingerprint density at radius 3 is 2.44 bits per heavy atom. The number of carbonyl (C=O) groups is 1. The lowest BCUT2D eigenvalue weighted by Gasteiger charge is -2.34. The molecule has 1 fully saturated rings. The molecule has 1 aliphatic heterocycles. The van der Waals surface area contributed by atoms with Crippen molar-refractivity contribution in [2.45, 2.75) is 37.9 Å². The highest BCUT2D eigenvalue weighted by atomic mass is 32.2. The number of rotatable bonds is 11. The van der Waals surface area contributed by atoms with Crippen molar-refractivity contribution in [3.8, 4) is 29.0 Å². The van der Waals surface area contributed by atoms with E-state index in [4.69, 9.17) is 14.7 Å². The summed E-state index contributed by atoms with van der Waals surface area (Å²) in [5.41, 5.74) is -0.164. The number of piperidine rings is 1. The molecular weight excluding hydrogens is 731 g/mol. The number of alkyl halides is 1. The average Bonchev–Trinajstić information content (AvgIpc) is 3.17. The van der Waals surface area contributed by atoms with Crippen molar-refractivity contribution in [3.63, 3.8) is 0 Å². The lowest BCUT2D eigenvalue weighted by molar-refractivity contribution is 0.0685. The molecule has 0 bridgehead atoms. The fourth-order valence-electron chi connectivity index (χ4n) is 5.68. The number of nitrogens with zero attached hydrogens (tertiary/aromatic N) is 5. The zero-order chi connectivity index (χ0) is 38.4. The van der Waals surface area contributed by atoms with Crippen LogP contribution in [-0.2, 0) is 27.1 Å². The molecule has 0 unspecified atom stereocenters. The van der Waals surface area contributed by atoms with E-state index < -0.39 is 68.5 Å². The Morgan fingerprint density at radius 1 is 0.944 bits per heavy atom. The lowest BCUT2D eigenvalue weighted by Crippen LogP contribution is -2.50. The number of anilines is 2. The molecule has 2 N–H and O–H groups in total. The Bertz CT molecular complexity index is 2280. The van der Waals surface area contributed by atoms with Gasteiger partial charge in [-0.05, 0) is 48.4 Å². The molecule has 0 saturated carbocycles. The Kier molecular flexibility index (Phi) is 11.2. The fourth-order valence-corrected chi connectivity index (χ4v) is 6.88. The zero-order valence-electron chi connectivity index (χ0n) is 28.5. The van der Waals surface area contributed by atoms with Crippen molar-refractivity contribution >= 4 is 27.8 Å². The zero-order valence-corrected chi connectivity index (χ0v) is 29.3. The number of amides is 1. The summed E-state index contributed by atoms with van der Waals surface area (Å²) in [6.07, 6.45) is 0.690. The molecule has 278 valence electrons. The SMILES string of the molecule is Cc1c(F)c(NS(=O)(=O)Cc2ccc(C#N)cc2)c(F)c(F)c1Oc1ncccc1-c1ccnc(N[C@H]2C[C@H](F)CN(C(=O)OCc3ccccc3)C2)n1. The minimum Gasteiger partial charge on any atom is -0.445 e. The Labute approximate surface area is 307 Å². The van der Waals surface area contributed by atoms with Crippen LogP contribution in [0.25, 0.3) is 11.3 Å². The third kappa shape index (κ3) is 8.84. The average molecular weight is 762 g/mol. The molecule has 1 amide bonds. The molecule has 0 radical (unpaired) electrons. The van der Waals surface area contributed by atoms with E-state index >= 15 is 13.2 Å². The quantitative estimate of drug-likeness (QED) is 0.106. The van der Waals surface area contributed by atoms with E-state index in [9.17, 15) is 17.6 Å². The molecule has 1 aliphatic rings. The number of ether oxygens (including phenoxy) is 2. The van der Waals surface area contributed by atoms with Gasteiger partial charge in [-0.25, -0.2) is 41.3 Å². The largest absolute Gasteiger partial charge is 0.445 e. The van der Waals surface area contributed by atoms with Gasteiger partial charge in [0.25, 0.3) is 0 Å². The highest BCUT2D eigenvalue weighted by molar-refractivity contribution is 7.91. The number of pyridine rings is 1. The molecule has 1 saturated heterocycles. The van der Waals surface area contributed by atoms with Crippen LogP contribution >= 0.6 is 0 Å². The summed E-state index contributed by atoms with van der Waals surface area (Å²) in [5.74, 6) is -6.80. The van der Waals surface area contributed by atoms with Crippen molar-refractivity contribution in [2.24, 2.45) is 0 Å². The van der Waals surface area contributed by atoms with E-state index in [2.05, 4.69) is 20.3 Å². The molecule has 3 aromatic carbocycles. The van der Waals surface area contributed by atoms with Crippen molar-refractivity contribution in [1.29, 1.82) is 5.26 Å². The van der Waals surface area contributed by atoms with Gasteiger partial charge in [-0.2, -0.15) is 9.65 Å². The molecule has 17 heteroatoms. The van der Waals surface area contributed by atoms with Crippen LogP contribution in [0.1, 0.15) is 28.7 Å². The van der Waals surface area contributed by atoms with E-state index in [1.807, 2.05) is 24.3 Å². The van der Waals surface area contributed by atoms with Gasteiger partial charge in [0.1, 0.15) is 18.5 Å². The molecule has 54 heavy (non-hydrogen) atoms. The molecule has 5 aromatic rings. The summed E-state index contributed by atoms with van der Waals surface area (Å²) in [6.45, 7) is 1.05. The number of likely N-dealkylation sites (tertiary alicyclic amines) is 1. The van der Waals surface area contributed by atoms with Crippen molar-refractivity contribution in [1.82, 2.24) is 19.9 Å². The van der Waals surface area contributed by atoms with Crippen LogP contribution in [0.2, 0.25) is 0 Å². The van der Waals surface area contributed by atoms with E-state index in [0.29, 0.717) is 0 Å². The molecule has 2 aromatic heterocycles. The molecule has 3 heterocycles. The standard InChI is InChI=1S/C37H31F4N7O5S/c1-22-30(39)33(47-54(50,51)21-25-11-9-23(17-42)10-12-25)31(40)32(41)34(22)53-35-28(8-5-14-43-35)29-13-15-44-36(46-29)45-27-16-26(38)18-48(19-27)37(49)52-20-24-6-3-2-4-7-24/h2-15,26-27,47H,16,18-21H2,1H3,(H,44,45,46)/t26-,27-/m0/s1. The monoisotopic (exact) mass is 761 g/mol. The maximum absolute atomic E-state index is 15.5. The molecule has 0 spiro atoms.